The average molecular weight is 289 g/mol. The zero-order valence-corrected chi connectivity index (χ0v) is 12.0. The molecule has 0 radical (unpaired) electrons. The van der Waals surface area contributed by atoms with Crippen molar-refractivity contribution < 1.29 is 19.8 Å². The van der Waals surface area contributed by atoms with Crippen molar-refractivity contribution in [2.45, 2.75) is 32.4 Å². The van der Waals surface area contributed by atoms with E-state index in [9.17, 15) is 14.7 Å². The molecule has 0 aromatic heterocycles. The number of fused-ring (bicyclic) bond motifs is 1. The molecule has 3 N–H and O–H groups in total. The van der Waals surface area contributed by atoms with Crippen molar-refractivity contribution in [2.75, 3.05) is 0 Å². The number of rotatable bonds is 3. The second-order valence-electron chi connectivity index (χ2n) is 6.57. The molecule has 0 aliphatic heterocycles. The van der Waals surface area contributed by atoms with Crippen LogP contribution >= 0.6 is 0 Å². The predicted molar refractivity (Wildman–Crippen MR) is 75.4 cm³/mol. The number of hydrogen-bond donors (Lipinski definition) is 3. The van der Waals surface area contributed by atoms with Gasteiger partial charge in [-0.3, -0.25) is 9.59 Å². The van der Waals surface area contributed by atoms with Crippen LogP contribution in [0.5, 0.6) is 0 Å². The summed E-state index contributed by atoms with van der Waals surface area (Å²) in [6.07, 6.45) is -0.145. The number of carboxylic acid groups (broad SMARTS) is 1. The number of carbonyl (C=O) groups is 2. The number of aliphatic carboxylic acids is 1. The summed E-state index contributed by atoms with van der Waals surface area (Å²) in [6.45, 7) is 3.57. The van der Waals surface area contributed by atoms with Gasteiger partial charge in [-0.1, -0.05) is 38.1 Å². The highest BCUT2D eigenvalue weighted by Crippen LogP contribution is 2.58. The van der Waals surface area contributed by atoms with Gasteiger partial charge in [-0.25, -0.2) is 0 Å². The Hall–Kier alpha value is -1.88. The zero-order chi connectivity index (χ0) is 15.4. The first kappa shape index (κ1) is 14.1. The summed E-state index contributed by atoms with van der Waals surface area (Å²) in [5.74, 6) is -2.40. The van der Waals surface area contributed by atoms with Crippen molar-refractivity contribution in [2.24, 2.45) is 17.3 Å². The van der Waals surface area contributed by atoms with Crippen LogP contribution in [0.1, 0.15) is 31.0 Å². The molecule has 5 nitrogen and oxygen atoms in total. The molecule has 0 saturated heterocycles. The standard InChI is InChI=1S/C16H19NO4/c1-16(2)11(12(16)15(20)21)14(19)17-13-9-6-4-3-5-8(9)7-10(13)18/h3-6,10-13,18H,7H2,1-2H3,(H,17,19)(H,20,21)/t10-,11?,12?,13+/m0/s1. The first-order valence-electron chi connectivity index (χ1n) is 7.13. The molecule has 0 spiro atoms. The Morgan fingerprint density at radius 2 is 1.90 bits per heavy atom. The van der Waals surface area contributed by atoms with E-state index < -0.39 is 35.4 Å². The molecule has 2 unspecified atom stereocenters. The lowest BCUT2D eigenvalue weighted by Gasteiger charge is -2.18. The van der Waals surface area contributed by atoms with Gasteiger partial charge in [-0.05, 0) is 16.5 Å². The number of aliphatic hydroxyl groups excluding tert-OH is 1. The van der Waals surface area contributed by atoms with Crippen LogP contribution in [0.3, 0.4) is 0 Å². The molecule has 1 fully saturated rings. The second kappa shape index (κ2) is 4.56. The van der Waals surface area contributed by atoms with Gasteiger partial charge in [0.05, 0.1) is 24.0 Å². The van der Waals surface area contributed by atoms with Crippen LogP contribution in [-0.2, 0) is 16.0 Å². The Kier molecular flexibility index (Phi) is 3.06. The van der Waals surface area contributed by atoms with Gasteiger partial charge in [-0.2, -0.15) is 0 Å². The quantitative estimate of drug-likeness (QED) is 0.778. The van der Waals surface area contributed by atoms with E-state index >= 15 is 0 Å². The highest BCUT2D eigenvalue weighted by Gasteiger charge is 2.66. The third-order valence-electron chi connectivity index (χ3n) is 4.88. The smallest absolute Gasteiger partial charge is 0.307 e. The Morgan fingerprint density at radius 3 is 2.52 bits per heavy atom. The van der Waals surface area contributed by atoms with E-state index in [1.807, 2.05) is 24.3 Å². The highest BCUT2D eigenvalue weighted by molar-refractivity contribution is 5.92. The summed E-state index contributed by atoms with van der Waals surface area (Å²) in [7, 11) is 0. The van der Waals surface area contributed by atoms with Crippen molar-refractivity contribution >= 4 is 11.9 Å². The minimum atomic E-state index is -0.937. The molecule has 21 heavy (non-hydrogen) atoms. The molecule has 5 heteroatoms. The van der Waals surface area contributed by atoms with E-state index in [1.54, 1.807) is 13.8 Å². The maximum absolute atomic E-state index is 12.4. The average Bonchev–Trinajstić information content (AvgIpc) is 2.86. The summed E-state index contributed by atoms with van der Waals surface area (Å²) in [5, 5.41) is 22.1. The summed E-state index contributed by atoms with van der Waals surface area (Å²) >= 11 is 0. The van der Waals surface area contributed by atoms with Gasteiger partial charge in [0.2, 0.25) is 5.91 Å². The number of amides is 1. The van der Waals surface area contributed by atoms with Crippen LogP contribution in [0.2, 0.25) is 0 Å². The Morgan fingerprint density at radius 1 is 1.24 bits per heavy atom. The van der Waals surface area contributed by atoms with Crippen molar-refractivity contribution in [1.82, 2.24) is 5.32 Å². The Balaban J connectivity index is 1.76. The maximum Gasteiger partial charge on any atom is 0.307 e. The maximum atomic E-state index is 12.4. The summed E-state index contributed by atoms with van der Waals surface area (Å²) in [6, 6.07) is 7.16. The molecule has 0 bridgehead atoms. The van der Waals surface area contributed by atoms with Gasteiger partial charge in [0.1, 0.15) is 0 Å². The fraction of sp³-hybridized carbons (Fsp3) is 0.500. The topological polar surface area (TPSA) is 86.6 Å². The van der Waals surface area contributed by atoms with Gasteiger partial charge in [0.25, 0.3) is 0 Å². The van der Waals surface area contributed by atoms with E-state index in [-0.39, 0.29) is 5.91 Å². The predicted octanol–water partition coefficient (Wildman–Crippen LogP) is 1.12. The molecule has 2 aliphatic rings. The summed E-state index contributed by atoms with van der Waals surface area (Å²) in [5.41, 5.74) is 1.42. The van der Waals surface area contributed by atoms with E-state index in [0.717, 1.165) is 11.1 Å². The SMILES string of the molecule is CC1(C)C(C(=O)O)C1C(=O)N[C@@H]1c2ccccc2C[C@@H]1O. The molecule has 1 aromatic rings. The molecule has 112 valence electrons. The first-order valence-corrected chi connectivity index (χ1v) is 7.13. The third kappa shape index (κ3) is 2.12. The summed E-state index contributed by atoms with van der Waals surface area (Å²) < 4.78 is 0. The van der Waals surface area contributed by atoms with E-state index in [4.69, 9.17) is 5.11 Å². The Labute approximate surface area is 123 Å². The second-order valence-corrected chi connectivity index (χ2v) is 6.57. The van der Waals surface area contributed by atoms with E-state index in [1.165, 1.54) is 0 Å². The van der Waals surface area contributed by atoms with E-state index in [0.29, 0.717) is 6.42 Å². The van der Waals surface area contributed by atoms with Gasteiger partial charge >= 0.3 is 5.97 Å². The lowest BCUT2D eigenvalue weighted by atomic mass is 10.1. The molecule has 1 amide bonds. The van der Waals surface area contributed by atoms with Crippen LogP contribution in [0.25, 0.3) is 0 Å². The van der Waals surface area contributed by atoms with Crippen LogP contribution in [0, 0.1) is 17.3 Å². The lowest BCUT2D eigenvalue weighted by molar-refractivity contribution is -0.140. The van der Waals surface area contributed by atoms with Crippen LogP contribution in [0.4, 0.5) is 0 Å². The van der Waals surface area contributed by atoms with Crippen molar-refractivity contribution in [3.8, 4) is 0 Å². The third-order valence-corrected chi connectivity index (χ3v) is 4.88. The first-order chi connectivity index (χ1) is 9.84. The minimum Gasteiger partial charge on any atom is -0.481 e. The fourth-order valence-electron chi connectivity index (χ4n) is 3.58. The highest BCUT2D eigenvalue weighted by atomic mass is 16.4. The number of carbonyl (C=O) groups excluding carboxylic acids is 1. The van der Waals surface area contributed by atoms with Crippen LogP contribution in [0.15, 0.2) is 24.3 Å². The number of nitrogens with one attached hydrogen (secondary N) is 1. The van der Waals surface area contributed by atoms with Gasteiger partial charge < -0.3 is 15.5 Å². The molecule has 2 aliphatic carbocycles. The monoisotopic (exact) mass is 289 g/mol. The minimum absolute atomic E-state index is 0.284. The van der Waals surface area contributed by atoms with E-state index in [2.05, 4.69) is 5.32 Å². The lowest BCUT2D eigenvalue weighted by Crippen LogP contribution is -2.36. The van der Waals surface area contributed by atoms with Crippen LogP contribution in [-0.4, -0.2) is 28.2 Å². The van der Waals surface area contributed by atoms with Gasteiger partial charge in [0, 0.05) is 6.42 Å². The summed E-state index contributed by atoms with van der Waals surface area (Å²) in [4.78, 5) is 23.5. The molecular formula is C16H19NO4. The number of hydrogen-bond acceptors (Lipinski definition) is 3. The van der Waals surface area contributed by atoms with Crippen molar-refractivity contribution in [3.05, 3.63) is 35.4 Å². The largest absolute Gasteiger partial charge is 0.481 e. The fourth-order valence-corrected chi connectivity index (χ4v) is 3.58. The molecule has 1 saturated carbocycles. The molecular weight excluding hydrogens is 270 g/mol. The Bertz CT molecular complexity index is 610. The normalized spacial score (nSPS) is 32.3. The van der Waals surface area contributed by atoms with Crippen molar-refractivity contribution in [3.63, 3.8) is 0 Å². The van der Waals surface area contributed by atoms with Crippen molar-refractivity contribution in [1.29, 1.82) is 0 Å². The van der Waals surface area contributed by atoms with Crippen LogP contribution < -0.4 is 5.32 Å². The molecule has 0 heterocycles. The molecule has 4 atom stereocenters. The zero-order valence-electron chi connectivity index (χ0n) is 12.0. The van der Waals surface area contributed by atoms with Gasteiger partial charge in [-0.15, -0.1) is 0 Å². The molecule has 3 rings (SSSR count). The molecule has 1 aromatic carbocycles. The number of benzene rings is 1. The van der Waals surface area contributed by atoms with Gasteiger partial charge in [0.15, 0.2) is 0 Å². The number of carboxylic acids is 1. The number of aliphatic hydroxyl groups is 1.